The molecule has 9 aromatic carbocycles. The minimum absolute atomic E-state index is 0.604. The van der Waals surface area contributed by atoms with E-state index in [2.05, 4.69) is 0 Å². The van der Waals surface area contributed by atoms with Crippen molar-refractivity contribution in [1.29, 1.82) is 0 Å². The summed E-state index contributed by atoms with van der Waals surface area (Å²) in [6, 6.07) is 84.1. The zero-order valence-electron chi connectivity index (χ0n) is 37.8. The summed E-state index contributed by atoms with van der Waals surface area (Å²) >= 11 is -4.79. The van der Waals surface area contributed by atoms with Crippen molar-refractivity contribution in [2.45, 2.75) is 16.2 Å². The second-order valence-electron chi connectivity index (χ2n) is 16.0. The van der Waals surface area contributed by atoms with Crippen LogP contribution in [-0.2, 0) is 59.6 Å². The van der Waals surface area contributed by atoms with Gasteiger partial charge in [-0.25, -0.2) is 0 Å². The third-order valence-corrected chi connectivity index (χ3v) is 14.0. The van der Waals surface area contributed by atoms with E-state index in [4.69, 9.17) is 15.1 Å². The molecule has 0 aliphatic rings. The zero-order chi connectivity index (χ0) is 47.9. The van der Waals surface area contributed by atoms with E-state index in [1.54, 1.807) is 0 Å². The molecule has 69 heavy (non-hydrogen) atoms. The van der Waals surface area contributed by atoms with E-state index in [1.165, 1.54) is 0 Å². The molecular formula is C61H48O7Ti. The van der Waals surface area contributed by atoms with E-state index in [9.17, 15) is 0 Å². The second-order valence-corrected chi connectivity index (χ2v) is 17.7. The van der Waals surface area contributed by atoms with Crippen LogP contribution in [0.4, 0.5) is 0 Å². The summed E-state index contributed by atoms with van der Waals surface area (Å²) in [5.41, 5.74) is 0.617. The Bertz CT molecular complexity index is 2390. The molecule has 0 unspecified atom stereocenters. The Kier molecular flexibility index (Phi) is 15.3. The first-order valence-electron chi connectivity index (χ1n) is 22.4. The van der Waals surface area contributed by atoms with Gasteiger partial charge in [0.15, 0.2) is 0 Å². The second kappa shape index (κ2) is 22.2. The van der Waals surface area contributed by atoms with Gasteiger partial charge in [-0.1, -0.05) is 0 Å². The van der Waals surface area contributed by atoms with Crippen molar-refractivity contribution in [3.05, 3.63) is 323 Å². The number of hydrogen-bond donors (Lipinski definition) is 0. The SMILES string of the molecule is C[O-].O=C([O][Ti+]([O]C(=O)C(c1ccccc1)(c1ccccc1)c1ccccc1)[O]C(=O)C(c1ccccc1)(c1ccccc1)c1ccccc1)C(c1ccccc1)(c1ccccc1)c1ccccc1. The maximum atomic E-state index is 16.0. The Morgan fingerprint density at radius 2 is 0.377 bits per heavy atom. The van der Waals surface area contributed by atoms with Crippen LogP contribution in [-0.4, -0.2) is 25.0 Å². The molecule has 9 aromatic rings. The maximum absolute atomic E-state index is 16.0. The molecule has 8 heteroatoms. The monoisotopic (exact) mass is 940 g/mol. The Morgan fingerprint density at radius 1 is 0.261 bits per heavy atom. The van der Waals surface area contributed by atoms with Gasteiger partial charge in [0.05, 0.1) is 0 Å². The quantitative estimate of drug-likeness (QED) is 0.0745. The third-order valence-electron chi connectivity index (χ3n) is 12.3. The van der Waals surface area contributed by atoms with Gasteiger partial charge < -0.3 is 5.11 Å². The summed E-state index contributed by atoms with van der Waals surface area (Å²) in [7, 11) is 0.750. The van der Waals surface area contributed by atoms with Crippen LogP contribution in [0.25, 0.3) is 0 Å². The third kappa shape index (κ3) is 9.24. The van der Waals surface area contributed by atoms with Crippen LogP contribution < -0.4 is 5.11 Å². The number of carbonyl (C=O) groups is 3. The molecule has 0 aliphatic carbocycles. The average molecular weight is 941 g/mol. The molecule has 0 N–H and O–H groups in total. The van der Waals surface area contributed by atoms with Gasteiger partial charge in [0.1, 0.15) is 0 Å². The van der Waals surface area contributed by atoms with Crippen LogP contribution in [0.2, 0.25) is 0 Å². The van der Waals surface area contributed by atoms with Crippen LogP contribution in [0.1, 0.15) is 50.1 Å². The molecule has 9 rings (SSSR count). The summed E-state index contributed by atoms with van der Waals surface area (Å²) in [6.07, 6.45) is 0. The minimum atomic E-state index is -4.79. The number of benzene rings is 9. The van der Waals surface area contributed by atoms with Gasteiger partial charge in [-0.2, -0.15) is 7.11 Å². The number of hydrogen-bond acceptors (Lipinski definition) is 7. The molecule has 0 heterocycles. The van der Waals surface area contributed by atoms with Gasteiger partial charge in [-0.05, 0) is 0 Å². The first-order valence-corrected chi connectivity index (χ1v) is 24.4. The predicted octanol–water partition coefficient (Wildman–Crippen LogP) is 11.1. The predicted molar refractivity (Wildman–Crippen MR) is 262 cm³/mol. The molecule has 0 aromatic heterocycles. The molecule has 0 atom stereocenters. The number of carbonyl (C=O) groups excluding carboxylic acids is 3. The van der Waals surface area contributed by atoms with Crippen LogP contribution in [0.15, 0.2) is 273 Å². The number of rotatable bonds is 15. The van der Waals surface area contributed by atoms with Crippen molar-refractivity contribution in [2.75, 3.05) is 7.11 Å². The van der Waals surface area contributed by atoms with E-state index in [1.807, 2.05) is 273 Å². The summed E-state index contributed by atoms with van der Waals surface area (Å²) in [4.78, 5) is 48.0. The Morgan fingerprint density at radius 3 is 0.493 bits per heavy atom. The molecule has 0 amide bonds. The van der Waals surface area contributed by atoms with E-state index >= 15 is 14.4 Å². The standard InChI is InChI=1S/3C20H16O2.CH3O.Ti/c3*21-19(22)20(16-10-4-1-5-11-16,17-12-6-2-7-13-17)18-14-8-3-9-15-18;1-2;/h3*1-15H,(H,21,22);1H3;/q;;;-1;+4/p-3. The summed E-state index contributed by atoms with van der Waals surface area (Å²) < 4.78 is 20.3. The van der Waals surface area contributed by atoms with Crippen molar-refractivity contribution in [3.63, 3.8) is 0 Å². The molecule has 0 bridgehead atoms. The molecule has 0 fully saturated rings. The van der Waals surface area contributed by atoms with E-state index in [-0.39, 0.29) is 0 Å². The topological polar surface area (TPSA) is 102 Å². The van der Waals surface area contributed by atoms with E-state index in [0.29, 0.717) is 50.1 Å². The summed E-state index contributed by atoms with van der Waals surface area (Å²) in [5.74, 6) is -2.33. The van der Waals surface area contributed by atoms with Gasteiger partial charge in [0.2, 0.25) is 0 Å². The van der Waals surface area contributed by atoms with Gasteiger partial charge >= 0.3 is 401 Å². The normalized spacial score (nSPS) is 11.2. The molecule has 0 saturated heterocycles. The van der Waals surface area contributed by atoms with Crippen LogP contribution >= 0.6 is 0 Å². The fraction of sp³-hybridized carbons (Fsp3) is 0.0656. The van der Waals surface area contributed by atoms with Gasteiger partial charge in [0, 0.05) is 0 Å². The molecule has 338 valence electrons. The van der Waals surface area contributed by atoms with Crippen LogP contribution in [0.5, 0.6) is 0 Å². The first-order chi connectivity index (χ1) is 34.0. The van der Waals surface area contributed by atoms with Gasteiger partial charge in [0.25, 0.3) is 0 Å². The molecule has 0 aliphatic heterocycles. The Balaban J connectivity index is 0.00000317. The van der Waals surface area contributed by atoms with E-state index < -0.39 is 53.2 Å². The van der Waals surface area contributed by atoms with Gasteiger partial charge in [-0.15, -0.1) is 0 Å². The fourth-order valence-electron chi connectivity index (χ4n) is 9.27. The molecule has 0 spiro atoms. The van der Waals surface area contributed by atoms with Gasteiger partial charge in [-0.3, -0.25) is 0 Å². The van der Waals surface area contributed by atoms with Crippen molar-refractivity contribution >= 4 is 17.9 Å². The van der Waals surface area contributed by atoms with Crippen molar-refractivity contribution < 1.29 is 48.5 Å². The van der Waals surface area contributed by atoms with Crippen molar-refractivity contribution in [2.24, 2.45) is 0 Å². The molecule has 0 saturated carbocycles. The Hall–Kier alpha value is -7.94. The van der Waals surface area contributed by atoms with Crippen LogP contribution in [0.3, 0.4) is 0 Å². The average Bonchev–Trinajstić information content (AvgIpc) is 3.43. The van der Waals surface area contributed by atoms with E-state index in [0.717, 1.165) is 7.11 Å². The first kappa shape index (κ1) is 47.6. The summed E-state index contributed by atoms with van der Waals surface area (Å²) in [5, 5.41) is 8.25. The van der Waals surface area contributed by atoms with Crippen molar-refractivity contribution in [1.82, 2.24) is 0 Å². The van der Waals surface area contributed by atoms with Crippen LogP contribution in [0, 0.1) is 0 Å². The van der Waals surface area contributed by atoms with Crippen molar-refractivity contribution in [3.8, 4) is 0 Å². The fourth-order valence-corrected chi connectivity index (χ4v) is 10.9. The zero-order valence-corrected chi connectivity index (χ0v) is 39.4. The Labute approximate surface area is 410 Å². The summed E-state index contributed by atoms with van der Waals surface area (Å²) in [6.45, 7) is 0. The molecular weight excluding hydrogens is 893 g/mol. The molecule has 0 radical (unpaired) electrons. The molecule has 7 nitrogen and oxygen atoms in total.